The Balaban J connectivity index is 2.52. The molecule has 0 amide bonds. The van der Waals surface area contributed by atoms with E-state index in [1.807, 2.05) is 6.07 Å². The van der Waals surface area contributed by atoms with E-state index in [1.165, 1.54) is 19.3 Å². The van der Waals surface area contributed by atoms with Crippen molar-refractivity contribution in [2.75, 3.05) is 0 Å². The van der Waals surface area contributed by atoms with Crippen molar-refractivity contribution in [3.8, 4) is 0 Å². The third-order valence-corrected chi connectivity index (χ3v) is 3.21. The van der Waals surface area contributed by atoms with Crippen LogP contribution in [0.4, 0.5) is 0 Å². The fourth-order valence-electron chi connectivity index (χ4n) is 2.48. The molecular formula is C15H24O2. The van der Waals surface area contributed by atoms with Crippen LogP contribution in [0.1, 0.15) is 51.2 Å². The lowest BCUT2D eigenvalue weighted by Gasteiger charge is -2.16. The zero-order chi connectivity index (χ0) is 12.8. The van der Waals surface area contributed by atoms with Gasteiger partial charge in [-0.1, -0.05) is 33.6 Å². The van der Waals surface area contributed by atoms with Crippen LogP contribution in [0.15, 0.2) is 21.5 Å². The molecule has 0 saturated heterocycles. The molecule has 96 valence electrons. The van der Waals surface area contributed by atoms with Crippen LogP contribution in [0.5, 0.6) is 0 Å². The molecule has 0 aromatic carbocycles. The van der Waals surface area contributed by atoms with Gasteiger partial charge in [0.05, 0.1) is 6.26 Å². The largest absolute Gasteiger partial charge is 0.431 e. The molecule has 1 aromatic rings. The minimum Gasteiger partial charge on any atom is -0.431 e. The first-order valence-electron chi connectivity index (χ1n) is 6.61. The predicted octanol–water partition coefficient (Wildman–Crippen LogP) is 3.95. The van der Waals surface area contributed by atoms with Crippen molar-refractivity contribution >= 4 is 0 Å². The van der Waals surface area contributed by atoms with Crippen molar-refractivity contribution in [3.05, 3.63) is 33.9 Å². The van der Waals surface area contributed by atoms with Gasteiger partial charge in [0, 0.05) is 5.56 Å². The van der Waals surface area contributed by atoms with Crippen molar-refractivity contribution < 1.29 is 4.42 Å². The van der Waals surface area contributed by atoms with Crippen molar-refractivity contribution in [1.29, 1.82) is 0 Å². The molecule has 0 spiro atoms. The highest BCUT2D eigenvalue weighted by Crippen LogP contribution is 2.20. The lowest BCUT2D eigenvalue weighted by molar-refractivity contribution is 0.386. The van der Waals surface area contributed by atoms with Gasteiger partial charge >= 0.3 is 5.63 Å². The standard InChI is InChI=1S/C15H24O2/c1-5-6-11(2)7-12(3)8-14-9-13(4)15(16)17-10-14/h9-12H,5-8H2,1-4H3/t11-,12-/m1/s1. The first kappa shape index (κ1) is 14.0. The molecule has 1 aromatic heterocycles. The minimum atomic E-state index is -0.222. The van der Waals surface area contributed by atoms with Gasteiger partial charge in [0.1, 0.15) is 0 Å². The summed E-state index contributed by atoms with van der Waals surface area (Å²) in [4.78, 5) is 11.2. The van der Waals surface area contributed by atoms with Crippen LogP contribution in [0.3, 0.4) is 0 Å². The Hall–Kier alpha value is -1.05. The van der Waals surface area contributed by atoms with Gasteiger partial charge in [-0.25, -0.2) is 4.79 Å². The lowest BCUT2D eigenvalue weighted by Crippen LogP contribution is -2.08. The Kier molecular flexibility index (Phi) is 5.46. The molecule has 2 nitrogen and oxygen atoms in total. The normalized spacial score (nSPS) is 14.6. The second kappa shape index (κ2) is 6.63. The quantitative estimate of drug-likeness (QED) is 0.748. The zero-order valence-electron chi connectivity index (χ0n) is 11.5. The average Bonchev–Trinajstić information content (AvgIpc) is 2.23. The van der Waals surface area contributed by atoms with Gasteiger partial charge in [0.25, 0.3) is 0 Å². The Morgan fingerprint density at radius 3 is 2.59 bits per heavy atom. The molecule has 0 radical (unpaired) electrons. The summed E-state index contributed by atoms with van der Waals surface area (Å²) in [6.07, 6.45) is 6.40. The number of hydrogen-bond acceptors (Lipinski definition) is 2. The summed E-state index contributed by atoms with van der Waals surface area (Å²) in [7, 11) is 0. The molecule has 0 fully saturated rings. The predicted molar refractivity (Wildman–Crippen MR) is 71.3 cm³/mol. The van der Waals surface area contributed by atoms with Crippen molar-refractivity contribution in [2.45, 2.75) is 53.4 Å². The molecule has 0 aliphatic carbocycles. The van der Waals surface area contributed by atoms with E-state index < -0.39 is 0 Å². The second-order valence-corrected chi connectivity index (χ2v) is 5.36. The van der Waals surface area contributed by atoms with Crippen LogP contribution < -0.4 is 5.63 Å². The van der Waals surface area contributed by atoms with Gasteiger partial charge in [-0.3, -0.25) is 0 Å². The maximum absolute atomic E-state index is 11.2. The molecular weight excluding hydrogens is 212 g/mol. The smallest absolute Gasteiger partial charge is 0.338 e. The fraction of sp³-hybridized carbons (Fsp3) is 0.667. The van der Waals surface area contributed by atoms with Gasteiger partial charge in [-0.15, -0.1) is 0 Å². The van der Waals surface area contributed by atoms with Gasteiger partial charge in [-0.05, 0) is 43.2 Å². The van der Waals surface area contributed by atoms with Gasteiger partial charge in [-0.2, -0.15) is 0 Å². The molecule has 0 aliphatic heterocycles. The van der Waals surface area contributed by atoms with Gasteiger partial charge in [0.2, 0.25) is 0 Å². The maximum atomic E-state index is 11.2. The topological polar surface area (TPSA) is 30.2 Å². The molecule has 0 bridgehead atoms. The van der Waals surface area contributed by atoms with Crippen molar-refractivity contribution in [3.63, 3.8) is 0 Å². The number of hydrogen-bond donors (Lipinski definition) is 0. The summed E-state index contributed by atoms with van der Waals surface area (Å²) in [5.74, 6) is 1.43. The SMILES string of the molecule is CCC[C@@H](C)C[C@@H](C)Cc1coc(=O)c(C)c1. The van der Waals surface area contributed by atoms with Crippen molar-refractivity contribution in [1.82, 2.24) is 0 Å². The van der Waals surface area contributed by atoms with E-state index >= 15 is 0 Å². The first-order chi connectivity index (χ1) is 8.02. The Labute approximate surface area is 104 Å². The Bertz CT molecular complexity index is 392. The molecule has 2 atom stereocenters. The van der Waals surface area contributed by atoms with Crippen LogP contribution in [0.25, 0.3) is 0 Å². The highest BCUT2D eigenvalue weighted by atomic mass is 16.4. The second-order valence-electron chi connectivity index (χ2n) is 5.36. The monoisotopic (exact) mass is 236 g/mol. The summed E-state index contributed by atoms with van der Waals surface area (Å²) in [5.41, 5.74) is 1.62. The molecule has 2 heteroatoms. The van der Waals surface area contributed by atoms with E-state index in [0.717, 1.165) is 17.9 Å². The first-order valence-corrected chi connectivity index (χ1v) is 6.61. The van der Waals surface area contributed by atoms with Crippen molar-refractivity contribution in [2.24, 2.45) is 11.8 Å². The Morgan fingerprint density at radius 1 is 1.29 bits per heavy atom. The third-order valence-electron chi connectivity index (χ3n) is 3.21. The van der Waals surface area contributed by atoms with E-state index in [2.05, 4.69) is 20.8 Å². The lowest BCUT2D eigenvalue weighted by atomic mass is 9.90. The van der Waals surface area contributed by atoms with Crippen LogP contribution in [0.2, 0.25) is 0 Å². The molecule has 1 heterocycles. The van der Waals surface area contributed by atoms with Gasteiger partial charge in [0.15, 0.2) is 0 Å². The fourth-order valence-corrected chi connectivity index (χ4v) is 2.48. The third kappa shape index (κ3) is 4.76. The van der Waals surface area contributed by atoms with E-state index in [9.17, 15) is 4.79 Å². The average molecular weight is 236 g/mol. The highest BCUT2D eigenvalue weighted by molar-refractivity contribution is 5.15. The summed E-state index contributed by atoms with van der Waals surface area (Å²) in [5, 5.41) is 0. The number of aryl methyl sites for hydroxylation is 1. The summed E-state index contributed by atoms with van der Waals surface area (Å²) in [6.45, 7) is 8.62. The van der Waals surface area contributed by atoms with Crippen LogP contribution >= 0.6 is 0 Å². The van der Waals surface area contributed by atoms with Gasteiger partial charge < -0.3 is 4.42 Å². The molecule has 1 rings (SSSR count). The minimum absolute atomic E-state index is 0.222. The van der Waals surface area contributed by atoms with E-state index in [0.29, 0.717) is 11.5 Å². The van der Waals surface area contributed by atoms with E-state index in [-0.39, 0.29) is 5.63 Å². The number of rotatable bonds is 6. The Morgan fingerprint density at radius 2 is 2.00 bits per heavy atom. The molecule has 17 heavy (non-hydrogen) atoms. The van der Waals surface area contributed by atoms with Crippen LogP contribution in [0, 0.1) is 18.8 Å². The van der Waals surface area contributed by atoms with Crippen LogP contribution in [-0.2, 0) is 6.42 Å². The molecule has 0 aliphatic rings. The van der Waals surface area contributed by atoms with Crippen LogP contribution in [-0.4, -0.2) is 0 Å². The summed E-state index contributed by atoms with van der Waals surface area (Å²) >= 11 is 0. The van der Waals surface area contributed by atoms with E-state index in [1.54, 1.807) is 13.2 Å². The summed E-state index contributed by atoms with van der Waals surface area (Å²) in [6, 6.07) is 1.95. The molecule has 0 N–H and O–H groups in total. The summed E-state index contributed by atoms with van der Waals surface area (Å²) < 4.78 is 4.99. The highest BCUT2D eigenvalue weighted by Gasteiger charge is 2.10. The van der Waals surface area contributed by atoms with E-state index in [4.69, 9.17) is 4.42 Å². The zero-order valence-corrected chi connectivity index (χ0v) is 11.5. The molecule has 0 saturated carbocycles. The molecule has 0 unspecified atom stereocenters. The maximum Gasteiger partial charge on any atom is 0.338 e.